The number of hydrogen-bond acceptors (Lipinski definition) is 3. The average molecular weight is 222 g/mol. The molecular weight excluding hydrogens is 214 g/mol. The van der Waals surface area contributed by atoms with Crippen molar-refractivity contribution in [3.05, 3.63) is 22.7 Å². The van der Waals surface area contributed by atoms with Gasteiger partial charge in [-0.15, -0.1) is 6.42 Å². The maximum absolute atomic E-state index is 6.08. The van der Waals surface area contributed by atoms with Gasteiger partial charge < -0.3 is 4.74 Å². The van der Waals surface area contributed by atoms with Gasteiger partial charge >= 0.3 is 0 Å². The van der Waals surface area contributed by atoms with Gasteiger partial charge in [0.15, 0.2) is 5.69 Å². The highest BCUT2D eigenvalue weighted by Crippen LogP contribution is 2.24. The molecule has 2 aromatic rings. The number of aromatic nitrogens is 3. The van der Waals surface area contributed by atoms with E-state index in [0.717, 1.165) is 5.69 Å². The number of rotatable bonds is 1. The molecule has 0 aliphatic heterocycles. The standard InChI is InChI=1S/C10H8ClN3O/c1-4-7-8(11)14-6(2)5-12-9(14)10(13-7)15-3/h1,5H,2-3H3. The molecule has 0 aromatic carbocycles. The highest BCUT2D eigenvalue weighted by atomic mass is 35.5. The van der Waals surface area contributed by atoms with E-state index < -0.39 is 0 Å². The molecular formula is C10H8ClN3O. The molecule has 0 saturated heterocycles. The fraction of sp³-hybridized carbons (Fsp3) is 0.200. The predicted molar refractivity (Wildman–Crippen MR) is 57.2 cm³/mol. The molecule has 4 nitrogen and oxygen atoms in total. The lowest BCUT2D eigenvalue weighted by atomic mass is 10.4. The molecule has 0 N–H and O–H groups in total. The van der Waals surface area contributed by atoms with Gasteiger partial charge in [-0.3, -0.25) is 4.40 Å². The first-order chi connectivity index (χ1) is 7.19. The van der Waals surface area contributed by atoms with Gasteiger partial charge in [0.1, 0.15) is 5.15 Å². The third kappa shape index (κ3) is 1.32. The van der Waals surface area contributed by atoms with Crippen molar-refractivity contribution < 1.29 is 4.74 Å². The van der Waals surface area contributed by atoms with E-state index in [2.05, 4.69) is 15.9 Å². The Morgan fingerprint density at radius 1 is 1.60 bits per heavy atom. The van der Waals surface area contributed by atoms with Crippen LogP contribution in [0.4, 0.5) is 0 Å². The van der Waals surface area contributed by atoms with E-state index in [1.807, 2.05) is 6.92 Å². The summed E-state index contributed by atoms with van der Waals surface area (Å²) in [5.41, 5.74) is 1.80. The van der Waals surface area contributed by atoms with Crippen molar-refractivity contribution in [2.75, 3.05) is 7.11 Å². The summed E-state index contributed by atoms with van der Waals surface area (Å²) in [5, 5.41) is 0.378. The first kappa shape index (κ1) is 9.81. The lowest BCUT2D eigenvalue weighted by molar-refractivity contribution is 0.399. The van der Waals surface area contributed by atoms with E-state index in [9.17, 15) is 0 Å². The first-order valence-corrected chi connectivity index (χ1v) is 4.61. The fourth-order valence-corrected chi connectivity index (χ4v) is 1.68. The van der Waals surface area contributed by atoms with Crippen LogP contribution < -0.4 is 4.74 Å². The minimum Gasteiger partial charge on any atom is -0.478 e. The summed E-state index contributed by atoms with van der Waals surface area (Å²) in [4.78, 5) is 8.22. The molecule has 0 aliphatic rings. The topological polar surface area (TPSA) is 39.4 Å². The second kappa shape index (κ2) is 3.44. The maximum atomic E-state index is 6.08. The molecule has 0 fully saturated rings. The molecule has 2 aromatic heterocycles. The Kier molecular flexibility index (Phi) is 2.25. The van der Waals surface area contributed by atoms with Crippen molar-refractivity contribution in [2.45, 2.75) is 6.92 Å². The maximum Gasteiger partial charge on any atom is 0.259 e. The lowest BCUT2D eigenvalue weighted by Gasteiger charge is -2.06. The van der Waals surface area contributed by atoms with Crippen molar-refractivity contribution in [1.82, 2.24) is 14.4 Å². The van der Waals surface area contributed by atoms with Gasteiger partial charge in [-0.05, 0) is 12.8 Å². The number of terminal acetylenes is 1. The number of halogens is 1. The molecule has 0 bridgehead atoms. The van der Waals surface area contributed by atoms with E-state index >= 15 is 0 Å². The van der Waals surface area contributed by atoms with Gasteiger partial charge in [0.2, 0.25) is 5.65 Å². The van der Waals surface area contributed by atoms with E-state index in [1.54, 1.807) is 10.6 Å². The summed E-state index contributed by atoms with van der Waals surface area (Å²) in [6, 6.07) is 0. The van der Waals surface area contributed by atoms with Crippen LogP contribution in [0.3, 0.4) is 0 Å². The van der Waals surface area contributed by atoms with Crippen LogP contribution in [-0.4, -0.2) is 21.5 Å². The number of fused-ring (bicyclic) bond motifs is 1. The Labute approximate surface area is 91.9 Å². The fourth-order valence-electron chi connectivity index (χ4n) is 1.37. The smallest absolute Gasteiger partial charge is 0.259 e. The zero-order valence-corrected chi connectivity index (χ0v) is 9.04. The van der Waals surface area contributed by atoms with Crippen molar-refractivity contribution in [2.24, 2.45) is 0 Å². The largest absolute Gasteiger partial charge is 0.478 e. The Morgan fingerprint density at radius 2 is 2.33 bits per heavy atom. The molecule has 5 heteroatoms. The van der Waals surface area contributed by atoms with E-state index in [-0.39, 0.29) is 0 Å². The number of ether oxygens (including phenoxy) is 1. The molecule has 0 amide bonds. The number of hydrogen-bond donors (Lipinski definition) is 0. The third-order valence-electron chi connectivity index (χ3n) is 2.06. The highest BCUT2D eigenvalue weighted by molar-refractivity contribution is 6.30. The van der Waals surface area contributed by atoms with Crippen LogP contribution in [0.5, 0.6) is 5.88 Å². The van der Waals surface area contributed by atoms with E-state index in [1.165, 1.54) is 7.11 Å². The van der Waals surface area contributed by atoms with Crippen LogP contribution in [0.1, 0.15) is 11.4 Å². The number of imidazole rings is 1. The van der Waals surface area contributed by atoms with Gasteiger partial charge in [0, 0.05) is 11.9 Å². The Hall–Kier alpha value is -1.73. The van der Waals surface area contributed by atoms with E-state index in [4.69, 9.17) is 22.8 Å². The molecule has 0 spiro atoms. The SMILES string of the molecule is C#Cc1nc(OC)c2ncc(C)n2c1Cl. The minimum atomic E-state index is 0.349. The molecule has 0 radical (unpaired) electrons. The summed E-state index contributed by atoms with van der Waals surface area (Å²) in [5.74, 6) is 2.78. The number of methoxy groups -OCH3 is 1. The van der Waals surface area contributed by atoms with Crippen molar-refractivity contribution in [3.63, 3.8) is 0 Å². The number of nitrogens with zero attached hydrogens (tertiary/aromatic N) is 3. The van der Waals surface area contributed by atoms with Crippen molar-refractivity contribution >= 4 is 17.2 Å². The highest BCUT2D eigenvalue weighted by Gasteiger charge is 2.14. The van der Waals surface area contributed by atoms with Crippen LogP contribution >= 0.6 is 11.6 Å². The molecule has 2 heterocycles. The number of aryl methyl sites for hydroxylation is 1. The van der Waals surface area contributed by atoms with Crippen LogP contribution in [0.15, 0.2) is 6.20 Å². The van der Waals surface area contributed by atoms with Gasteiger partial charge in [-0.25, -0.2) is 4.98 Å². The van der Waals surface area contributed by atoms with Crippen molar-refractivity contribution in [3.8, 4) is 18.2 Å². The van der Waals surface area contributed by atoms with Crippen molar-refractivity contribution in [1.29, 1.82) is 0 Å². The van der Waals surface area contributed by atoms with Gasteiger partial charge in [0.25, 0.3) is 5.88 Å². The summed E-state index contributed by atoms with van der Waals surface area (Å²) >= 11 is 6.08. The monoisotopic (exact) mass is 221 g/mol. The first-order valence-electron chi connectivity index (χ1n) is 4.23. The summed E-state index contributed by atoms with van der Waals surface area (Å²) < 4.78 is 6.80. The molecule has 0 aliphatic carbocycles. The molecule has 0 saturated carbocycles. The van der Waals surface area contributed by atoms with Gasteiger partial charge in [-0.1, -0.05) is 11.6 Å². The molecule has 2 rings (SSSR count). The second-order valence-corrected chi connectivity index (χ2v) is 3.32. The lowest BCUT2D eigenvalue weighted by Crippen LogP contribution is -2.00. The zero-order chi connectivity index (χ0) is 11.0. The average Bonchev–Trinajstić information content (AvgIpc) is 2.62. The second-order valence-electron chi connectivity index (χ2n) is 2.96. The zero-order valence-electron chi connectivity index (χ0n) is 8.28. The summed E-state index contributed by atoms with van der Waals surface area (Å²) in [7, 11) is 1.51. The van der Waals surface area contributed by atoms with Crippen LogP contribution in [-0.2, 0) is 0 Å². The predicted octanol–water partition coefficient (Wildman–Crippen LogP) is 1.68. The van der Waals surface area contributed by atoms with Gasteiger partial charge in [-0.2, -0.15) is 4.98 Å². The molecule has 15 heavy (non-hydrogen) atoms. The van der Waals surface area contributed by atoms with Crippen LogP contribution in [0.25, 0.3) is 5.65 Å². The summed E-state index contributed by atoms with van der Waals surface area (Å²) in [6.45, 7) is 1.88. The molecule has 0 atom stereocenters. The van der Waals surface area contributed by atoms with E-state index in [0.29, 0.717) is 22.4 Å². The minimum absolute atomic E-state index is 0.349. The quantitative estimate of drug-likeness (QED) is 0.688. The Bertz CT molecular complexity index is 568. The summed E-state index contributed by atoms with van der Waals surface area (Å²) in [6.07, 6.45) is 6.98. The molecule has 76 valence electrons. The van der Waals surface area contributed by atoms with Crippen LogP contribution in [0.2, 0.25) is 5.15 Å². The molecule has 0 unspecified atom stereocenters. The Morgan fingerprint density at radius 3 is 2.93 bits per heavy atom. The van der Waals surface area contributed by atoms with Crippen LogP contribution in [0, 0.1) is 19.3 Å². The Balaban J connectivity index is 2.94. The van der Waals surface area contributed by atoms with Gasteiger partial charge in [0.05, 0.1) is 7.11 Å². The third-order valence-corrected chi connectivity index (χ3v) is 2.41. The normalized spacial score (nSPS) is 10.3.